The van der Waals surface area contributed by atoms with E-state index >= 15 is 0 Å². The Morgan fingerprint density at radius 2 is 2.36 bits per heavy atom. The summed E-state index contributed by atoms with van der Waals surface area (Å²) in [5, 5.41) is 3.44. The molecule has 0 amide bonds. The van der Waals surface area contributed by atoms with Crippen molar-refractivity contribution in [2.75, 3.05) is 32.8 Å². The van der Waals surface area contributed by atoms with Crippen LogP contribution in [-0.4, -0.2) is 49.8 Å². The van der Waals surface area contributed by atoms with Gasteiger partial charge in [0.25, 0.3) is 0 Å². The van der Waals surface area contributed by atoms with Gasteiger partial charge in [0, 0.05) is 38.3 Å². The maximum absolute atomic E-state index is 5.46. The average molecular weight is 198 g/mol. The molecule has 2 saturated heterocycles. The van der Waals surface area contributed by atoms with Gasteiger partial charge in [-0.2, -0.15) is 0 Å². The molecule has 14 heavy (non-hydrogen) atoms. The number of nitrogens with one attached hydrogen (secondary N) is 1. The first kappa shape index (κ1) is 10.4. The van der Waals surface area contributed by atoms with Crippen molar-refractivity contribution in [3.63, 3.8) is 0 Å². The quantitative estimate of drug-likeness (QED) is 0.707. The Labute approximate surface area is 86.8 Å². The van der Waals surface area contributed by atoms with Crippen LogP contribution in [0.1, 0.15) is 20.3 Å². The summed E-state index contributed by atoms with van der Waals surface area (Å²) in [7, 11) is 0. The topological polar surface area (TPSA) is 24.5 Å². The molecule has 2 rings (SSSR count). The van der Waals surface area contributed by atoms with Gasteiger partial charge in [-0.1, -0.05) is 0 Å². The maximum Gasteiger partial charge on any atom is 0.0509 e. The smallest absolute Gasteiger partial charge is 0.0509 e. The zero-order valence-electron chi connectivity index (χ0n) is 9.33. The minimum atomic E-state index is 0.680. The van der Waals surface area contributed by atoms with E-state index in [9.17, 15) is 0 Å². The van der Waals surface area contributed by atoms with Gasteiger partial charge >= 0.3 is 0 Å². The predicted molar refractivity (Wildman–Crippen MR) is 57.4 cm³/mol. The highest BCUT2D eigenvalue weighted by Crippen LogP contribution is 2.22. The molecule has 82 valence electrons. The Balaban J connectivity index is 1.91. The van der Waals surface area contributed by atoms with Crippen molar-refractivity contribution in [1.82, 2.24) is 10.2 Å². The third kappa shape index (κ3) is 2.10. The van der Waals surface area contributed by atoms with Gasteiger partial charge in [-0.15, -0.1) is 0 Å². The van der Waals surface area contributed by atoms with Crippen molar-refractivity contribution in [1.29, 1.82) is 0 Å². The highest BCUT2D eigenvalue weighted by atomic mass is 16.5. The van der Waals surface area contributed by atoms with Crippen molar-refractivity contribution < 1.29 is 4.74 Å². The normalized spacial score (nSPS) is 37.3. The molecule has 3 unspecified atom stereocenters. The number of nitrogens with zero attached hydrogens (tertiary/aromatic N) is 1. The minimum absolute atomic E-state index is 0.680. The largest absolute Gasteiger partial charge is 0.381 e. The van der Waals surface area contributed by atoms with E-state index in [4.69, 9.17) is 4.74 Å². The van der Waals surface area contributed by atoms with Crippen LogP contribution in [0.4, 0.5) is 0 Å². The third-order valence-electron chi connectivity index (χ3n) is 3.72. The molecular weight excluding hydrogens is 176 g/mol. The maximum atomic E-state index is 5.46. The monoisotopic (exact) mass is 198 g/mol. The number of rotatable bonds is 2. The van der Waals surface area contributed by atoms with Gasteiger partial charge in [-0.25, -0.2) is 0 Å². The number of hydrogen-bond donors (Lipinski definition) is 1. The fourth-order valence-electron chi connectivity index (χ4n) is 2.67. The van der Waals surface area contributed by atoms with E-state index in [2.05, 4.69) is 24.1 Å². The SMILES string of the molecule is CC1CNCCN1C(C)C1CCOC1. The molecule has 0 aromatic heterocycles. The Hall–Kier alpha value is -0.120. The van der Waals surface area contributed by atoms with Gasteiger partial charge in [0.1, 0.15) is 0 Å². The van der Waals surface area contributed by atoms with Gasteiger partial charge < -0.3 is 10.1 Å². The summed E-state index contributed by atoms with van der Waals surface area (Å²) in [5.74, 6) is 0.760. The highest BCUT2D eigenvalue weighted by Gasteiger charge is 2.30. The van der Waals surface area contributed by atoms with Crippen molar-refractivity contribution in [2.24, 2.45) is 5.92 Å². The minimum Gasteiger partial charge on any atom is -0.381 e. The fraction of sp³-hybridized carbons (Fsp3) is 1.00. The predicted octanol–water partition coefficient (Wildman–Crippen LogP) is 0.705. The first-order valence-corrected chi connectivity index (χ1v) is 5.83. The van der Waals surface area contributed by atoms with Crippen LogP contribution in [-0.2, 0) is 4.74 Å². The Morgan fingerprint density at radius 1 is 1.50 bits per heavy atom. The van der Waals surface area contributed by atoms with Gasteiger partial charge in [0.2, 0.25) is 0 Å². The lowest BCUT2D eigenvalue weighted by atomic mass is 9.97. The van der Waals surface area contributed by atoms with E-state index in [0.717, 1.165) is 32.2 Å². The lowest BCUT2D eigenvalue weighted by molar-refractivity contribution is 0.0802. The molecule has 1 N–H and O–H groups in total. The molecule has 3 heteroatoms. The molecule has 0 bridgehead atoms. The average Bonchev–Trinajstić information content (AvgIpc) is 2.70. The molecule has 0 aromatic carbocycles. The number of hydrogen-bond acceptors (Lipinski definition) is 3. The van der Waals surface area contributed by atoms with Crippen LogP contribution >= 0.6 is 0 Å². The Kier molecular flexibility index (Phi) is 3.42. The van der Waals surface area contributed by atoms with Gasteiger partial charge in [0.05, 0.1) is 6.61 Å². The molecule has 3 atom stereocenters. The van der Waals surface area contributed by atoms with E-state index in [1.165, 1.54) is 13.0 Å². The summed E-state index contributed by atoms with van der Waals surface area (Å²) in [6.07, 6.45) is 1.25. The van der Waals surface area contributed by atoms with Crippen LogP contribution in [0.5, 0.6) is 0 Å². The van der Waals surface area contributed by atoms with Crippen LogP contribution in [0.2, 0.25) is 0 Å². The van der Waals surface area contributed by atoms with E-state index in [1.54, 1.807) is 0 Å². The lowest BCUT2D eigenvalue weighted by Crippen LogP contribution is -2.55. The third-order valence-corrected chi connectivity index (χ3v) is 3.72. The van der Waals surface area contributed by atoms with Crippen LogP contribution in [0.15, 0.2) is 0 Å². The zero-order valence-corrected chi connectivity index (χ0v) is 9.33. The van der Waals surface area contributed by atoms with E-state index in [1.807, 2.05) is 0 Å². The number of ether oxygens (including phenoxy) is 1. The number of piperazine rings is 1. The molecule has 2 aliphatic rings. The van der Waals surface area contributed by atoms with Crippen molar-refractivity contribution in [3.05, 3.63) is 0 Å². The van der Waals surface area contributed by atoms with Crippen molar-refractivity contribution in [3.8, 4) is 0 Å². The summed E-state index contributed by atoms with van der Waals surface area (Å²) in [5.41, 5.74) is 0. The summed E-state index contributed by atoms with van der Waals surface area (Å²) >= 11 is 0. The molecule has 2 heterocycles. The summed E-state index contributed by atoms with van der Waals surface area (Å²) in [4.78, 5) is 2.63. The van der Waals surface area contributed by atoms with Crippen LogP contribution in [0.25, 0.3) is 0 Å². The van der Waals surface area contributed by atoms with Crippen molar-refractivity contribution >= 4 is 0 Å². The second kappa shape index (κ2) is 4.60. The summed E-state index contributed by atoms with van der Waals surface area (Å²) in [6, 6.07) is 1.37. The lowest BCUT2D eigenvalue weighted by Gasteiger charge is -2.40. The highest BCUT2D eigenvalue weighted by molar-refractivity contribution is 4.85. The first-order chi connectivity index (χ1) is 6.79. The van der Waals surface area contributed by atoms with Crippen LogP contribution in [0, 0.1) is 5.92 Å². The molecule has 2 aliphatic heterocycles. The van der Waals surface area contributed by atoms with Gasteiger partial charge in [-0.3, -0.25) is 4.90 Å². The Morgan fingerprint density at radius 3 is 3.00 bits per heavy atom. The van der Waals surface area contributed by atoms with Crippen LogP contribution in [0.3, 0.4) is 0 Å². The molecule has 0 radical (unpaired) electrons. The van der Waals surface area contributed by atoms with E-state index in [-0.39, 0.29) is 0 Å². The first-order valence-electron chi connectivity index (χ1n) is 5.83. The molecule has 2 fully saturated rings. The van der Waals surface area contributed by atoms with Crippen LogP contribution < -0.4 is 5.32 Å². The van der Waals surface area contributed by atoms with E-state index < -0.39 is 0 Å². The fourth-order valence-corrected chi connectivity index (χ4v) is 2.67. The molecule has 0 aliphatic carbocycles. The standard InChI is InChI=1S/C11H22N2O/c1-9-7-12-4-5-13(9)10(2)11-3-6-14-8-11/h9-12H,3-8H2,1-2H3. The van der Waals surface area contributed by atoms with Gasteiger partial charge in [0.15, 0.2) is 0 Å². The second-order valence-corrected chi connectivity index (χ2v) is 4.66. The molecule has 0 spiro atoms. The molecule has 0 saturated carbocycles. The summed E-state index contributed by atoms with van der Waals surface area (Å²) in [6.45, 7) is 10.1. The summed E-state index contributed by atoms with van der Waals surface area (Å²) < 4.78 is 5.46. The second-order valence-electron chi connectivity index (χ2n) is 4.66. The molecular formula is C11H22N2O. The molecule has 0 aromatic rings. The van der Waals surface area contributed by atoms with Gasteiger partial charge in [-0.05, 0) is 26.2 Å². The molecule has 3 nitrogen and oxygen atoms in total. The van der Waals surface area contributed by atoms with Crippen molar-refractivity contribution in [2.45, 2.75) is 32.4 Å². The Bertz CT molecular complexity index is 180. The zero-order chi connectivity index (χ0) is 9.97. The van der Waals surface area contributed by atoms with E-state index in [0.29, 0.717) is 12.1 Å².